The van der Waals surface area contributed by atoms with Crippen molar-refractivity contribution in [1.29, 1.82) is 0 Å². The van der Waals surface area contributed by atoms with Crippen molar-refractivity contribution in [1.82, 2.24) is 0 Å². The number of phenolic OH excluding ortho intramolecular Hbond substituents is 4. The van der Waals surface area contributed by atoms with Gasteiger partial charge in [-0.25, -0.2) is 4.79 Å². The van der Waals surface area contributed by atoms with Crippen LogP contribution < -0.4 is 0 Å². The van der Waals surface area contributed by atoms with Crippen molar-refractivity contribution in [3.05, 3.63) is 53.6 Å². The Labute approximate surface area is 199 Å². The minimum Gasteiger partial charge on any atom is -0.504 e. The van der Waals surface area contributed by atoms with Crippen molar-refractivity contribution in [2.75, 3.05) is 13.2 Å². The summed E-state index contributed by atoms with van der Waals surface area (Å²) in [4.78, 5) is 12.2. The number of aromatic hydroxyl groups is 4. The molecule has 1 unspecified atom stereocenters. The molecule has 190 valence electrons. The van der Waals surface area contributed by atoms with Crippen LogP contribution in [0, 0.1) is 0 Å². The standard InChI is InChI=1S/C23H26O12/c24-9-18-22(35-19(30)6-2-11-1-4-13(25)15(27)7-11)20(31)21(32)23(34-18)33-10-17(29)12-3-5-14(26)16(28)8-12/h1-8,17-18,20-29,31-32H,9-10H2/b6-2+/t17?,18-,20-,21-,22-,23-/m1/s1. The van der Waals surface area contributed by atoms with Crippen molar-refractivity contribution in [2.45, 2.75) is 36.8 Å². The van der Waals surface area contributed by atoms with Gasteiger partial charge in [-0.15, -0.1) is 0 Å². The number of aliphatic hydroxyl groups is 4. The predicted octanol–water partition coefficient (Wildman–Crippen LogP) is -0.377. The molecular formula is C23H26O12. The highest BCUT2D eigenvalue weighted by Gasteiger charge is 2.47. The lowest BCUT2D eigenvalue weighted by atomic mass is 9.99. The number of hydrogen-bond acceptors (Lipinski definition) is 12. The predicted molar refractivity (Wildman–Crippen MR) is 117 cm³/mol. The van der Waals surface area contributed by atoms with Crippen LogP contribution in [0.5, 0.6) is 23.0 Å². The number of rotatable bonds is 8. The smallest absolute Gasteiger partial charge is 0.331 e. The Morgan fingerprint density at radius 1 is 0.971 bits per heavy atom. The average Bonchev–Trinajstić information content (AvgIpc) is 2.83. The molecule has 3 rings (SSSR count). The summed E-state index contributed by atoms with van der Waals surface area (Å²) in [5.74, 6) is -2.50. The summed E-state index contributed by atoms with van der Waals surface area (Å²) in [5.41, 5.74) is 0.566. The molecule has 1 aliphatic rings. The van der Waals surface area contributed by atoms with Gasteiger partial charge in [0.2, 0.25) is 0 Å². The maximum absolute atomic E-state index is 12.2. The second kappa shape index (κ2) is 11.4. The van der Waals surface area contributed by atoms with E-state index in [0.29, 0.717) is 5.56 Å². The summed E-state index contributed by atoms with van der Waals surface area (Å²) in [7, 11) is 0. The number of carbonyl (C=O) groups excluding carboxylic acids is 1. The first-order valence-electron chi connectivity index (χ1n) is 10.5. The Morgan fingerprint density at radius 3 is 2.26 bits per heavy atom. The third kappa shape index (κ3) is 6.39. The van der Waals surface area contributed by atoms with Gasteiger partial charge < -0.3 is 55.1 Å². The minimum absolute atomic E-state index is 0.199. The minimum atomic E-state index is -1.71. The van der Waals surface area contributed by atoms with E-state index < -0.39 is 67.5 Å². The van der Waals surface area contributed by atoms with Crippen LogP contribution in [0.15, 0.2) is 42.5 Å². The number of phenols is 4. The monoisotopic (exact) mass is 494 g/mol. The fraction of sp³-hybridized carbons (Fsp3) is 0.348. The molecule has 12 heteroatoms. The van der Waals surface area contributed by atoms with E-state index in [4.69, 9.17) is 14.2 Å². The number of esters is 1. The first kappa shape index (κ1) is 26.2. The van der Waals surface area contributed by atoms with Crippen molar-refractivity contribution in [2.24, 2.45) is 0 Å². The van der Waals surface area contributed by atoms with Crippen molar-refractivity contribution in [3.8, 4) is 23.0 Å². The average molecular weight is 494 g/mol. The molecule has 35 heavy (non-hydrogen) atoms. The van der Waals surface area contributed by atoms with E-state index in [1.54, 1.807) is 0 Å². The molecule has 2 aromatic rings. The maximum atomic E-state index is 12.2. The normalized spacial score (nSPS) is 25.4. The molecule has 1 fully saturated rings. The van der Waals surface area contributed by atoms with Crippen LogP contribution in [0.4, 0.5) is 0 Å². The number of benzene rings is 2. The molecule has 0 saturated carbocycles. The zero-order valence-electron chi connectivity index (χ0n) is 18.2. The number of carbonyl (C=O) groups is 1. The zero-order valence-corrected chi connectivity index (χ0v) is 18.2. The van der Waals surface area contributed by atoms with Crippen molar-refractivity contribution < 1.29 is 59.9 Å². The molecule has 0 amide bonds. The topological polar surface area (TPSA) is 207 Å². The van der Waals surface area contributed by atoms with Crippen LogP contribution in [-0.2, 0) is 19.0 Å². The Balaban J connectivity index is 1.60. The second-order valence-electron chi connectivity index (χ2n) is 7.79. The van der Waals surface area contributed by atoms with Gasteiger partial charge in [0.1, 0.15) is 24.4 Å². The molecule has 0 radical (unpaired) electrons. The van der Waals surface area contributed by atoms with Gasteiger partial charge in [0.05, 0.1) is 13.2 Å². The number of hydrogen-bond donors (Lipinski definition) is 8. The van der Waals surface area contributed by atoms with Crippen LogP contribution in [0.1, 0.15) is 17.2 Å². The quantitative estimate of drug-likeness (QED) is 0.134. The molecule has 1 saturated heterocycles. The Hall–Kier alpha value is -3.39. The lowest BCUT2D eigenvalue weighted by Gasteiger charge is -2.41. The third-order valence-corrected chi connectivity index (χ3v) is 5.29. The Kier molecular flexibility index (Phi) is 8.51. The van der Waals surface area contributed by atoms with Crippen LogP contribution >= 0.6 is 0 Å². The zero-order chi connectivity index (χ0) is 25.7. The van der Waals surface area contributed by atoms with Crippen molar-refractivity contribution in [3.63, 3.8) is 0 Å². The summed E-state index contributed by atoms with van der Waals surface area (Å²) in [6.45, 7) is -1.14. The van der Waals surface area contributed by atoms with Gasteiger partial charge >= 0.3 is 5.97 Å². The molecule has 1 aliphatic heterocycles. The Morgan fingerprint density at radius 2 is 1.63 bits per heavy atom. The van der Waals surface area contributed by atoms with Crippen LogP contribution in [0.3, 0.4) is 0 Å². The maximum Gasteiger partial charge on any atom is 0.331 e. The number of ether oxygens (including phenoxy) is 3. The van der Waals surface area contributed by atoms with Gasteiger partial charge in [0.25, 0.3) is 0 Å². The molecule has 0 bridgehead atoms. The molecule has 6 atom stereocenters. The van der Waals surface area contributed by atoms with E-state index in [-0.39, 0.29) is 17.1 Å². The molecule has 8 N–H and O–H groups in total. The Bertz CT molecular complexity index is 1050. The highest BCUT2D eigenvalue weighted by atomic mass is 16.7. The van der Waals surface area contributed by atoms with Gasteiger partial charge in [0, 0.05) is 6.08 Å². The van der Waals surface area contributed by atoms with Crippen LogP contribution in [-0.4, -0.2) is 90.7 Å². The summed E-state index contributed by atoms with van der Waals surface area (Å²) >= 11 is 0. The number of aliphatic hydroxyl groups excluding tert-OH is 4. The van der Waals surface area contributed by atoms with Crippen LogP contribution in [0.2, 0.25) is 0 Å². The fourth-order valence-corrected chi connectivity index (χ4v) is 3.35. The first-order chi connectivity index (χ1) is 16.6. The first-order valence-corrected chi connectivity index (χ1v) is 10.5. The van der Waals surface area contributed by atoms with E-state index in [1.165, 1.54) is 36.4 Å². The van der Waals surface area contributed by atoms with Gasteiger partial charge in [-0.3, -0.25) is 0 Å². The largest absolute Gasteiger partial charge is 0.504 e. The highest BCUT2D eigenvalue weighted by molar-refractivity contribution is 5.87. The molecule has 2 aromatic carbocycles. The van der Waals surface area contributed by atoms with Crippen LogP contribution in [0.25, 0.3) is 6.08 Å². The van der Waals surface area contributed by atoms with E-state index >= 15 is 0 Å². The summed E-state index contributed by atoms with van der Waals surface area (Å²) < 4.78 is 15.9. The van der Waals surface area contributed by atoms with Gasteiger partial charge in [-0.1, -0.05) is 12.1 Å². The van der Waals surface area contributed by atoms with E-state index in [1.807, 2.05) is 0 Å². The van der Waals surface area contributed by atoms with Gasteiger partial charge in [-0.2, -0.15) is 0 Å². The van der Waals surface area contributed by atoms with E-state index in [9.17, 15) is 45.6 Å². The molecule has 0 aliphatic carbocycles. The van der Waals surface area contributed by atoms with E-state index in [0.717, 1.165) is 12.1 Å². The molecule has 0 spiro atoms. The second-order valence-corrected chi connectivity index (χ2v) is 7.79. The van der Waals surface area contributed by atoms with Gasteiger partial charge in [0.15, 0.2) is 35.4 Å². The molecule has 1 heterocycles. The fourth-order valence-electron chi connectivity index (χ4n) is 3.35. The summed E-state index contributed by atoms with van der Waals surface area (Å²) in [6.07, 6.45) is -6.69. The lowest BCUT2D eigenvalue weighted by molar-refractivity contribution is -0.306. The highest BCUT2D eigenvalue weighted by Crippen LogP contribution is 2.30. The summed E-state index contributed by atoms with van der Waals surface area (Å²) in [5, 5.41) is 78.4. The lowest BCUT2D eigenvalue weighted by Crippen LogP contribution is -2.60. The van der Waals surface area contributed by atoms with Crippen molar-refractivity contribution >= 4 is 12.0 Å². The third-order valence-electron chi connectivity index (χ3n) is 5.29. The molecule has 12 nitrogen and oxygen atoms in total. The SMILES string of the molecule is O=C(/C=C/c1ccc(O)c(O)c1)O[C@H]1[C@H](O)[C@@H](O)[C@H](OCC(O)c2ccc(O)c(O)c2)O[C@@H]1CO. The molecular weight excluding hydrogens is 468 g/mol. The summed E-state index contributed by atoms with van der Waals surface area (Å²) in [6, 6.07) is 7.48. The molecule has 0 aromatic heterocycles. The van der Waals surface area contributed by atoms with E-state index in [2.05, 4.69) is 0 Å². The van der Waals surface area contributed by atoms with Gasteiger partial charge in [-0.05, 0) is 41.5 Å².